The fourth-order valence-corrected chi connectivity index (χ4v) is 3.29. The van der Waals surface area contributed by atoms with Crippen molar-refractivity contribution in [2.75, 3.05) is 26.2 Å². The molecule has 100 valence electrons. The first kappa shape index (κ1) is 13.4. The van der Waals surface area contributed by atoms with Crippen LogP contribution in [0, 0.1) is 11.8 Å². The van der Waals surface area contributed by atoms with Crippen LogP contribution >= 0.6 is 0 Å². The SMILES string of the molecule is CCNC1CCCCC1CN(CC)CC1CC1. The quantitative estimate of drug-likeness (QED) is 0.733. The molecule has 2 aliphatic rings. The zero-order valence-electron chi connectivity index (χ0n) is 11.8. The van der Waals surface area contributed by atoms with Crippen LogP contribution in [0.2, 0.25) is 0 Å². The van der Waals surface area contributed by atoms with Gasteiger partial charge in [-0.1, -0.05) is 26.7 Å². The summed E-state index contributed by atoms with van der Waals surface area (Å²) in [7, 11) is 0. The molecule has 2 heteroatoms. The number of nitrogens with one attached hydrogen (secondary N) is 1. The van der Waals surface area contributed by atoms with Crippen molar-refractivity contribution < 1.29 is 0 Å². The van der Waals surface area contributed by atoms with Gasteiger partial charge in [0, 0.05) is 19.1 Å². The molecular formula is C15H30N2. The molecular weight excluding hydrogens is 208 g/mol. The van der Waals surface area contributed by atoms with Gasteiger partial charge in [0.1, 0.15) is 0 Å². The van der Waals surface area contributed by atoms with E-state index in [1.807, 2.05) is 0 Å². The third-order valence-electron chi connectivity index (χ3n) is 4.53. The number of hydrogen-bond donors (Lipinski definition) is 1. The lowest BCUT2D eigenvalue weighted by Crippen LogP contribution is -2.44. The van der Waals surface area contributed by atoms with Crippen molar-refractivity contribution >= 4 is 0 Å². The van der Waals surface area contributed by atoms with Crippen LogP contribution in [-0.2, 0) is 0 Å². The first-order valence-corrected chi connectivity index (χ1v) is 7.79. The van der Waals surface area contributed by atoms with E-state index >= 15 is 0 Å². The molecule has 2 atom stereocenters. The molecule has 0 heterocycles. The smallest absolute Gasteiger partial charge is 0.0107 e. The Labute approximate surface area is 107 Å². The zero-order valence-corrected chi connectivity index (χ0v) is 11.8. The van der Waals surface area contributed by atoms with Crippen LogP contribution in [0.1, 0.15) is 52.4 Å². The van der Waals surface area contributed by atoms with Gasteiger partial charge in [0.25, 0.3) is 0 Å². The summed E-state index contributed by atoms with van der Waals surface area (Å²) in [6.07, 6.45) is 8.70. The van der Waals surface area contributed by atoms with Gasteiger partial charge in [-0.15, -0.1) is 0 Å². The highest BCUT2D eigenvalue weighted by molar-refractivity contribution is 4.84. The molecule has 0 spiro atoms. The van der Waals surface area contributed by atoms with E-state index < -0.39 is 0 Å². The van der Waals surface area contributed by atoms with Crippen LogP contribution in [0.4, 0.5) is 0 Å². The van der Waals surface area contributed by atoms with E-state index in [9.17, 15) is 0 Å². The highest BCUT2D eigenvalue weighted by Gasteiger charge is 2.28. The van der Waals surface area contributed by atoms with Crippen LogP contribution in [0.5, 0.6) is 0 Å². The topological polar surface area (TPSA) is 15.3 Å². The molecule has 0 radical (unpaired) electrons. The van der Waals surface area contributed by atoms with Crippen molar-refractivity contribution in [1.29, 1.82) is 0 Å². The summed E-state index contributed by atoms with van der Waals surface area (Å²) in [4.78, 5) is 2.71. The molecule has 0 aromatic rings. The summed E-state index contributed by atoms with van der Waals surface area (Å²) in [6.45, 7) is 9.65. The molecule has 2 fully saturated rings. The summed E-state index contributed by atoms with van der Waals surface area (Å²) in [6, 6.07) is 0.794. The summed E-state index contributed by atoms with van der Waals surface area (Å²) in [5, 5.41) is 3.71. The Morgan fingerprint density at radius 3 is 2.41 bits per heavy atom. The molecule has 2 rings (SSSR count). The molecule has 2 aliphatic carbocycles. The van der Waals surface area contributed by atoms with Crippen molar-refractivity contribution in [3.05, 3.63) is 0 Å². The molecule has 2 unspecified atom stereocenters. The monoisotopic (exact) mass is 238 g/mol. The van der Waals surface area contributed by atoms with E-state index in [-0.39, 0.29) is 0 Å². The van der Waals surface area contributed by atoms with Crippen molar-refractivity contribution in [3.63, 3.8) is 0 Å². The van der Waals surface area contributed by atoms with Gasteiger partial charge in [-0.05, 0) is 50.6 Å². The Morgan fingerprint density at radius 1 is 1.00 bits per heavy atom. The summed E-state index contributed by atoms with van der Waals surface area (Å²) >= 11 is 0. The average molecular weight is 238 g/mol. The summed E-state index contributed by atoms with van der Waals surface area (Å²) < 4.78 is 0. The lowest BCUT2D eigenvalue weighted by molar-refractivity contribution is 0.169. The minimum Gasteiger partial charge on any atom is -0.314 e. The van der Waals surface area contributed by atoms with Crippen molar-refractivity contribution in [3.8, 4) is 0 Å². The highest BCUT2D eigenvalue weighted by atomic mass is 15.1. The van der Waals surface area contributed by atoms with E-state index in [0.29, 0.717) is 0 Å². The molecule has 0 aliphatic heterocycles. The van der Waals surface area contributed by atoms with Crippen LogP contribution in [-0.4, -0.2) is 37.1 Å². The van der Waals surface area contributed by atoms with Gasteiger partial charge in [-0.3, -0.25) is 0 Å². The molecule has 1 N–H and O–H groups in total. The van der Waals surface area contributed by atoms with Gasteiger partial charge in [0.05, 0.1) is 0 Å². The molecule has 0 aromatic carbocycles. The maximum absolute atomic E-state index is 3.71. The Kier molecular flexibility index (Phi) is 5.30. The van der Waals surface area contributed by atoms with E-state index in [4.69, 9.17) is 0 Å². The van der Waals surface area contributed by atoms with Crippen LogP contribution in [0.15, 0.2) is 0 Å². The predicted molar refractivity (Wildman–Crippen MR) is 74.3 cm³/mol. The normalized spacial score (nSPS) is 29.8. The largest absolute Gasteiger partial charge is 0.314 e. The third-order valence-corrected chi connectivity index (χ3v) is 4.53. The average Bonchev–Trinajstić information content (AvgIpc) is 3.15. The van der Waals surface area contributed by atoms with Gasteiger partial charge >= 0.3 is 0 Å². The third kappa shape index (κ3) is 4.26. The van der Waals surface area contributed by atoms with Gasteiger partial charge in [0.2, 0.25) is 0 Å². The fraction of sp³-hybridized carbons (Fsp3) is 1.00. The first-order chi connectivity index (χ1) is 8.33. The van der Waals surface area contributed by atoms with Crippen molar-refractivity contribution in [2.45, 2.75) is 58.4 Å². The predicted octanol–water partition coefficient (Wildman–Crippen LogP) is 2.89. The van der Waals surface area contributed by atoms with Gasteiger partial charge < -0.3 is 10.2 Å². The van der Waals surface area contributed by atoms with E-state index in [1.165, 1.54) is 58.2 Å². The zero-order chi connectivity index (χ0) is 12.1. The number of rotatable bonds is 7. The standard InChI is InChI=1S/C15H30N2/c1-3-16-15-8-6-5-7-14(15)12-17(4-2)11-13-9-10-13/h13-16H,3-12H2,1-2H3. The van der Waals surface area contributed by atoms with Crippen molar-refractivity contribution in [1.82, 2.24) is 10.2 Å². The Balaban J connectivity index is 1.79. The second-order valence-corrected chi connectivity index (χ2v) is 6.00. The lowest BCUT2D eigenvalue weighted by Gasteiger charge is -2.35. The highest BCUT2D eigenvalue weighted by Crippen LogP contribution is 2.31. The van der Waals surface area contributed by atoms with Crippen LogP contribution in [0.25, 0.3) is 0 Å². The lowest BCUT2D eigenvalue weighted by atomic mass is 9.84. The molecule has 2 nitrogen and oxygen atoms in total. The second-order valence-electron chi connectivity index (χ2n) is 6.00. The van der Waals surface area contributed by atoms with Gasteiger partial charge in [0.15, 0.2) is 0 Å². The van der Waals surface area contributed by atoms with Crippen LogP contribution < -0.4 is 5.32 Å². The molecule has 17 heavy (non-hydrogen) atoms. The van der Waals surface area contributed by atoms with Gasteiger partial charge in [-0.2, -0.15) is 0 Å². The second kappa shape index (κ2) is 6.75. The molecule has 2 saturated carbocycles. The molecule has 0 bridgehead atoms. The van der Waals surface area contributed by atoms with Gasteiger partial charge in [-0.25, -0.2) is 0 Å². The van der Waals surface area contributed by atoms with Crippen LogP contribution in [0.3, 0.4) is 0 Å². The number of nitrogens with zero attached hydrogens (tertiary/aromatic N) is 1. The summed E-state index contributed by atoms with van der Waals surface area (Å²) in [5.74, 6) is 1.94. The fourth-order valence-electron chi connectivity index (χ4n) is 3.29. The number of hydrogen-bond acceptors (Lipinski definition) is 2. The minimum atomic E-state index is 0.794. The molecule has 0 saturated heterocycles. The first-order valence-electron chi connectivity index (χ1n) is 7.79. The van der Waals surface area contributed by atoms with Crippen molar-refractivity contribution in [2.24, 2.45) is 11.8 Å². The molecule has 0 aromatic heterocycles. The maximum Gasteiger partial charge on any atom is 0.0107 e. The van der Waals surface area contributed by atoms with E-state index in [2.05, 4.69) is 24.1 Å². The Hall–Kier alpha value is -0.0800. The van der Waals surface area contributed by atoms with E-state index in [1.54, 1.807) is 0 Å². The molecule has 0 amide bonds. The Bertz CT molecular complexity index is 211. The maximum atomic E-state index is 3.71. The summed E-state index contributed by atoms with van der Waals surface area (Å²) in [5.41, 5.74) is 0. The minimum absolute atomic E-state index is 0.794. The van der Waals surface area contributed by atoms with E-state index in [0.717, 1.165) is 24.4 Å². The Morgan fingerprint density at radius 2 is 1.76 bits per heavy atom.